The van der Waals surface area contributed by atoms with Gasteiger partial charge in [-0.3, -0.25) is 14.2 Å². The van der Waals surface area contributed by atoms with Gasteiger partial charge in [-0.25, -0.2) is 0 Å². The first-order chi connectivity index (χ1) is 13.4. The Bertz CT molecular complexity index is 1030. The quantitative estimate of drug-likeness (QED) is 0.400. The number of halogens is 1. The third kappa shape index (κ3) is 4.25. The molecule has 0 aliphatic rings. The second-order valence-corrected chi connectivity index (χ2v) is 7.26. The molecular formula is C21H23BrN4O2. The smallest absolute Gasteiger partial charge is 0.206 e. The molecule has 0 bridgehead atoms. The SMILES string of the molecule is CCn1ccc(C(=O)/C=C/c2ccc(OC)c(Cn3nc(C)c(Br)c3C)c2)n1. The van der Waals surface area contributed by atoms with Gasteiger partial charge in [0.15, 0.2) is 0 Å². The molecule has 3 rings (SSSR count). The summed E-state index contributed by atoms with van der Waals surface area (Å²) in [5.74, 6) is 0.667. The molecular weight excluding hydrogens is 420 g/mol. The molecule has 0 radical (unpaired) electrons. The second-order valence-electron chi connectivity index (χ2n) is 6.47. The summed E-state index contributed by atoms with van der Waals surface area (Å²) in [7, 11) is 1.65. The Hall–Kier alpha value is -2.67. The van der Waals surface area contributed by atoms with E-state index < -0.39 is 0 Å². The largest absolute Gasteiger partial charge is 0.496 e. The number of carbonyl (C=O) groups excluding carboxylic acids is 1. The molecule has 28 heavy (non-hydrogen) atoms. The van der Waals surface area contributed by atoms with Crippen LogP contribution >= 0.6 is 15.9 Å². The van der Waals surface area contributed by atoms with Crippen LogP contribution in [-0.4, -0.2) is 32.5 Å². The number of ether oxygens (including phenoxy) is 1. The van der Waals surface area contributed by atoms with Crippen molar-refractivity contribution in [2.45, 2.75) is 33.9 Å². The van der Waals surface area contributed by atoms with Crippen molar-refractivity contribution >= 4 is 27.8 Å². The van der Waals surface area contributed by atoms with E-state index in [9.17, 15) is 4.79 Å². The Labute approximate surface area is 172 Å². The lowest BCUT2D eigenvalue weighted by Crippen LogP contribution is -2.06. The van der Waals surface area contributed by atoms with Crippen LogP contribution in [0.2, 0.25) is 0 Å². The van der Waals surface area contributed by atoms with Crippen molar-refractivity contribution in [1.29, 1.82) is 0 Å². The number of aromatic nitrogens is 4. The van der Waals surface area contributed by atoms with Gasteiger partial charge in [-0.15, -0.1) is 0 Å². The maximum Gasteiger partial charge on any atom is 0.206 e. The maximum absolute atomic E-state index is 12.3. The zero-order chi connectivity index (χ0) is 20.3. The van der Waals surface area contributed by atoms with E-state index in [4.69, 9.17) is 4.74 Å². The predicted molar refractivity (Wildman–Crippen MR) is 113 cm³/mol. The fourth-order valence-electron chi connectivity index (χ4n) is 2.94. The van der Waals surface area contributed by atoms with Gasteiger partial charge in [-0.1, -0.05) is 12.1 Å². The molecule has 0 atom stereocenters. The predicted octanol–water partition coefficient (Wildman–Crippen LogP) is 4.43. The highest BCUT2D eigenvalue weighted by molar-refractivity contribution is 9.10. The van der Waals surface area contributed by atoms with Gasteiger partial charge in [-0.05, 0) is 66.5 Å². The van der Waals surface area contributed by atoms with Gasteiger partial charge in [0, 0.05) is 18.3 Å². The molecule has 6 nitrogen and oxygen atoms in total. The molecule has 7 heteroatoms. The van der Waals surface area contributed by atoms with Crippen LogP contribution in [0.15, 0.2) is 41.0 Å². The van der Waals surface area contributed by atoms with Crippen LogP contribution in [-0.2, 0) is 13.1 Å². The summed E-state index contributed by atoms with van der Waals surface area (Å²) in [5, 5.41) is 8.81. The highest BCUT2D eigenvalue weighted by Gasteiger charge is 2.12. The highest BCUT2D eigenvalue weighted by Crippen LogP contribution is 2.25. The molecule has 0 fully saturated rings. The summed E-state index contributed by atoms with van der Waals surface area (Å²) in [6.07, 6.45) is 5.15. The molecule has 0 saturated carbocycles. The third-order valence-electron chi connectivity index (χ3n) is 4.56. The molecule has 3 aromatic rings. The lowest BCUT2D eigenvalue weighted by molar-refractivity contribution is 0.104. The molecule has 0 spiro atoms. The molecule has 146 valence electrons. The minimum absolute atomic E-state index is 0.118. The van der Waals surface area contributed by atoms with E-state index in [1.807, 2.05) is 43.7 Å². The van der Waals surface area contributed by atoms with Crippen LogP contribution in [0.25, 0.3) is 6.08 Å². The van der Waals surface area contributed by atoms with E-state index in [1.54, 1.807) is 36.2 Å². The first-order valence-electron chi connectivity index (χ1n) is 9.05. The fourth-order valence-corrected chi connectivity index (χ4v) is 3.23. The summed E-state index contributed by atoms with van der Waals surface area (Å²) in [6.45, 7) is 7.29. The molecule has 0 aliphatic heterocycles. The van der Waals surface area contributed by atoms with Gasteiger partial charge in [0.05, 0.1) is 29.5 Å². The number of hydrogen-bond acceptors (Lipinski definition) is 4. The topological polar surface area (TPSA) is 61.9 Å². The van der Waals surface area contributed by atoms with E-state index in [1.165, 1.54) is 0 Å². The van der Waals surface area contributed by atoms with Crippen molar-refractivity contribution in [3.05, 3.63) is 69.2 Å². The Kier molecular flexibility index (Phi) is 6.14. The van der Waals surface area contributed by atoms with Crippen LogP contribution in [0, 0.1) is 13.8 Å². The number of rotatable bonds is 7. The third-order valence-corrected chi connectivity index (χ3v) is 5.71. The lowest BCUT2D eigenvalue weighted by Gasteiger charge is -2.11. The van der Waals surface area contributed by atoms with Crippen molar-refractivity contribution < 1.29 is 9.53 Å². The standard InChI is InChI=1S/C21H23BrN4O2/c1-5-25-11-10-18(24-25)19(27)8-6-16-7-9-20(28-4)17(12-16)13-26-15(3)21(22)14(2)23-26/h6-12H,5,13H2,1-4H3/b8-6+. The summed E-state index contributed by atoms with van der Waals surface area (Å²) < 4.78 is 10.2. The molecule has 0 aliphatic carbocycles. The van der Waals surface area contributed by atoms with E-state index in [-0.39, 0.29) is 5.78 Å². The Balaban J connectivity index is 1.83. The van der Waals surface area contributed by atoms with Gasteiger partial charge in [0.1, 0.15) is 11.4 Å². The van der Waals surface area contributed by atoms with Gasteiger partial charge in [0.25, 0.3) is 0 Å². The van der Waals surface area contributed by atoms with E-state index in [2.05, 4.69) is 26.1 Å². The Morgan fingerprint density at radius 1 is 1.25 bits per heavy atom. The number of methoxy groups -OCH3 is 1. The Morgan fingerprint density at radius 2 is 2.04 bits per heavy atom. The molecule has 2 heterocycles. The number of nitrogens with zero attached hydrogens (tertiary/aromatic N) is 4. The Morgan fingerprint density at radius 3 is 2.64 bits per heavy atom. The van der Waals surface area contributed by atoms with Gasteiger partial charge in [-0.2, -0.15) is 10.2 Å². The van der Waals surface area contributed by atoms with Crippen LogP contribution in [0.4, 0.5) is 0 Å². The first-order valence-corrected chi connectivity index (χ1v) is 9.84. The van der Waals surface area contributed by atoms with Crippen LogP contribution in [0.5, 0.6) is 5.75 Å². The highest BCUT2D eigenvalue weighted by atomic mass is 79.9. The summed E-state index contributed by atoms with van der Waals surface area (Å²) in [4.78, 5) is 12.3. The van der Waals surface area contributed by atoms with Crippen molar-refractivity contribution in [3.8, 4) is 5.75 Å². The van der Waals surface area contributed by atoms with Crippen LogP contribution in [0.1, 0.15) is 39.9 Å². The van der Waals surface area contributed by atoms with Crippen molar-refractivity contribution in [3.63, 3.8) is 0 Å². The first kappa shape index (κ1) is 20.1. The number of hydrogen-bond donors (Lipinski definition) is 0. The fraction of sp³-hybridized carbons (Fsp3) is 0.286. The maximum atomic E-state index is 12.3. The van der Waals surface area contributed by atoms with Gasteiger partial charge < -0.3 is 4.74 Å². The number of carbonyl (C=O) groups is 1. The minimum Gasteiger partial charge on any atom is -0.496 e. The van der Waals surface area contributed by atoms with Crippen molar-refractivity contribution in [2.24, 2.45) is 0 Å². The molecule has 0 N–H and O–H groups in total. The summed E-state index contributed by atoms with van der Waals surface area (Å²) in [6, 6.07) is 7.58. The lowest BCUT2D eigenvalue weighted by atomic mass is 10.1. The molecule has 1 aromatic carbocycles. The molecule has 0 amide bonds. The summed E-state index contributed by atoms with van der Waals surface area (Å²) >= 11 is 3.56. The average molecular weight is 443 g/mol. The monoisotopic (exact) mass is 442 g/mol. The normalized spacial score (nSPS) is 11.3. The van der Waals surface area contributed by atoms with Crippen LogP contribution < -0.4 is 4.74 Å². The zero-order valence-corrected chi connectivity index (χ0v) is 18.0. The second kappa shape index (κ2) is 8.56. The molecule has 0 saturated heterocycles. The number of ketones is 1. The molecule has 0 unspecified atom stereocenters. The minimum atomic E-state index is -0.118. The average Bonchev–Trinajstić information content (AvgIpc) is 3.27. The zero-order valence-electron chi connectivity index (χ0n) is 16.4. The molecule has 2 aromatic heterocycles. The number of allylic oxidation sites excluding steroid dienone is 1. The van der Waals surface area contributed by atoms with E-state index in [0.717, 1.165) is 39.3 Å². The van der Waals surface area contributed by atoms with Crippen LogP contribution in [0.3, 0.4) is 0 Å². The van der Waals surface area contributed by atoms with Crippen molar-refractivity contribution in [1.82, 2.24) is 19.6 Å². The van der Waals surface area contributed by atoms with Crippen molar-refractivity contribution in [2.75, 3.05) is 7.11 Å². The van der Waals surface area contributed by atoms with Gasteiger partial charge in [0.2, 0.25) is 5.78 Å². The van der Waals surface area contributed by atoms with Gasteiger partial charge >= 0.3 is 0 Å². The van der Waals surface area contributed by atoms with E-state index >= 15 is 0 Å². The van der Waals surface area contributed by atoms with E-state index in [0.29, 0.717) is 12.2 Å². The summed E-state index contributed by atoms with van der Waals surface area (Å²) in [5.41, 5.74) is 4.36. The number of aryl methyl sites for hydroxylation is 2. The number of benzene rings is 1.